The molecule has 0 aromatic carbocycles. The Morgan fingerprint density at radius 3 is 2.47 bits per heavy atom. The maximum atomic E-state index is 11.5. The molecule has 2 aliphatic rings. The summed E-state index contributed by atoms with van der Waals surface area (Å²) in [6, 6.07) is 0. The van der Waals surface area contributed by atoms with Gasteiger partial charge in [-0.05, 0) is 37.6 Å². The zero-order valence-electron chi connectivity index (χ0n) is 11.1. The maximum Gasteiger partial charge on any atom is 0.310 e. The first-order valence-corrected chi connectivity index (χ1v) is 6.99. The number of aliphatic carboxylic acids is 1. The van der Waals surface area contributed by atoms with Crippen molar-refractivity contribution in [3.63, 3.8) is 0 Å². The standard InChI is InChI=1S/C14H25NO2/c1-11-5-8-15(9-12(11)2)10-14(13(16)17)6-3-4-7-14/h11-12H,3-10H2,1-2H3,(H,16,17). The van der Waals surface area contributed by atoms with Crippen LogP contribution in [0.25, 0.3) is 0 Å². The van der Waals surface area contributed by atoms with Crippen LogP contribution in [0.5, 0.6) is 0 Å². The van der Waals surface area contributed by atoms with Crippen LogP contribution in [0, 0.1) is 17.3 Å². The first kappa shape index (κ1) is 12.9. The van der Waals surface area contributed by atoms with Gasteiger partial charge in [0.1, 0.15) is 0 Å². The van der Waals surface area contributed by atoms with Crippen LogP contribution in [-0.2, 0) is 4.79 Å². The van der Waals surface area contributed by atoms with Crippen LogP contribution in [0.1, 0.15) is 46.0 Å². The first-order chi connectivity index (χ1) is 8.03. The molecule has 17 heavy (non-hydrogen) atoms. The molecule has 2 atom stereocenters. The molecule has 2 unspecified atom stereocenters. The van der Waals surface area contributed by atoms with E-state index in [9.17, 15) is 9.90 Å². The largest absolute Gasteiger partial charge is 0.481 e. The average molecular weight is 239 g/mol. The number of hydrogen-bond donors (Lipinski definition) is 1. The quantitative estimate of drug-likeness (QED) is 0.823. The molecule has 1 heterocycles. The Balaban J connectivity index is 1.97. The average Bonchev–Trinajstić information content (AvgIpc) is 2.73. The summed E-state index contributed by atoms with van der Waals surface area (Å²) in [5.74, 6) is 0.924. The topological polar surface area (TPSA) is 40.5 Å². The number of hydrogen-bond acceptors (Lipinski definition) is 2. The number of carboxylic acid groups (broad SMARTS) is 1. The van der Waals surface area contributed by atoms with Crippen molar-refractivity contribution in [2.45, 2.75) is 46.0 Å². The molecule has 1 aliphatic heterocycles. The highest BCUT2D eigenvalue weighted by Crippen LogP contribution is 2.40. The van der Waals surface area contributed by atoms with Crippen LogP contribution in [0.4, 0.5) is 0 Å². The van der Waals surface area contributed by atoms with Gasteiger partial charge in [0.15, 0.2) is 0 Å². The highest BCUT2D eigenvalue weighted by Gasteiger charge is 2.43. The van der Waals surface area contributed by atoms with E-state index in [2.05, 4.69) is 18.7 Å². The zero-order chi connectivity index (χ0) is 12.5. The molecule has 0 aromatic rings. The molecule has 0 aromatic heterocycles. The van der Waals surface area contributed by atoms with Gasteiger partial charge in [0.2, 0.25) is 0 Å². The van der Waals surface area contributed by atoms with E-state index in [1.165, 1.54) is 6.42 Å². The molecule has 1 aliphatic carbocycles. The Labute approximate surface area is 104 Å². The fourth-order valence-electron chi connectivity index (χ4n) is 3.41. The van der Waals surface area contributed by atoms with Gasteiger partial charge < -0.3 is 10.0 Å². The van der Waals surface area contributed by atoms with Crippen LogP contribution in [0.15, 0.2) is 0 Å². The van der Waals surface area contributed by atoms with E-state index in [1.54, 1.807) is 0 Å². The van der Waals surface area contributed by atoms with Gasteiger partial charge in [0.25, 0.3) is 0 Å². The van der Waals surface area contributed by atoms with Gasteiger partial charge in [-0.1, -0.05) is 26.7 Å². The lowest BCUT2D eigenvalue weighted by molar-refractivity contribution is -0.150. The van der Waals surface area contributed by atoms with E-state index in [1.807, 2.05) is 0 Å². The summed E-state index contributed by atoms with van der Waals surface area (Å²) in [4.78, 5) is 13.9. The summed E-state index contributed by atoms with van der Waals surface area (Å²) in [5, 5.41) is 9.49. The van der Waals surface area contributed by atoms with E-state index < -0.39 is 11.4 Å². The second kappa shape index (κ2) is 4.97. The molecule has 2 rings (SSSR count). The lowest BCUT2D eigenvalue weighted by Crippen LogP contribution is -2.46. The molecule has 0 bridgehead atoms. The summed E-state index contributed by atoms with van der Waals surface area (Å²) >= 11 is 0. The minimum atomic E-state index is -0.568. The van der Waals surface area contributed by atoms with Gasteiger partial charge in [-0.15, -0.1) is 0 Å². The lowest BCUT2D eigenvalue weighted by Gasteiger charge is -2.39. The molecule has 1 saturated carbocycles. The molecule has 1 N–H and O–H groups in total. The van der Waals surface area contributed by atoms with Crippen LogP contribution in [-0.4, -0.2) is 35.6 Å². The summed E-state index contributed by atoms with van der Waals surface area (Å²) in [5.41, 5.74) is -0.430. The van der Waals surface area contributed by atoms with Crippen molar-refractivity contribution in [1.82, 2.24) is 4.90 Å². The minimum absolute atomic E-state index is 0.430. The summed E-state index contributed by atoms with van der Waals surface area (Å²) < 4.78 is 0. The normalized spacial score (nSPS) is 33.8. The first-order valence-electron chi connectivity index (χ1n) is 6.99. The third-order valence-electron chi connectivity index (χ3n) is 4.96. The van der Waals surface area contributed by atoms with Gasteiger partial charge in [-0.2, -0.15) is 0 Å². The molecule has 98 valence electrons. The van der Waals surface area contributed by atoms with E-state index in [4.69, 9.17) is 0 Å². The van der Waals surface area contributed by atoms with Crippen molar-refractivity contribution in [3.8, 4) is 0 Å². The molecule has 1 saturated heterocycles. The molecule has 3 nitrogen and oxygen atoms in total. The number of nitrogens with zero attached hydrogens (tertiary/aromatic N) is 1. The number of carbonyl (C=O) groups is 1. The SMILES string of the molecule is CC1CCN(CC2(C(=O)O)CCCC2)CC1C. The molecule has 0 amide bonds. The second-order valence-corrected chi connectivity index (χ2v) is 6.27. The maximum absolute atomic E-state index is 11.5. The molecular formula is C14H25NO2. The monoisotopic (exact) mass is 239 g/mol. The van der Waals surface area contributed by atoms with E-state index >= 15 is 0 Å². The number of piperidine rings is 1. The summed E-state index contributed by atoms with van der Waals surface area (Å²) in [6.45, 7) is 7.54. The van der Waals surface area contributed by atoms with Crippen molar-refractivity contribution in [1.29, 1.82) is 0 Å². The number of rotatable bonds is 3. The predicted molar refractivity (Wildman–Crippen MR) is 67.9 cm³/mol. The highest BCUT2D eigenvalue weighted by molar-refractivity contribution is 5.75. The Bertz CT molecular complexity index is 284. The predicted octanol–water partition coefficient (Wildman–Crippen LogP) is 2.61. The Hall–Kier alpha value is -0.570. The van der Waals surface area contributed by atoms with E-state index in [-0.39, 0.29) is 0 Å². The second-order valence-electron chi connectivity index (χ2n) is 6.27. The minimum Gasteiger partial charge on any atom is -0.481 e. The fourth-order valence-corrected chi connectivity index (χ4v) is 3.41. The van der Waals surface area contributed by atoms with Crippen LogP contribution in [0.3, 0.4) is 0 Å². The molecular weight excluding hydrogens is 214 g/mol. The van der Waals surface area contributed by atoms with Crippen LogP contribution in [0.2, 0.25) is 0 Å². The van der Waals surface area contributed by atoms with Gasteiger partial charge in [0, 0.05) is 13.1 Å². The van der Waals surface area contributed by atoms with Gasteiger partial charge in [-0.25, -0.2) is 0 Å². The van der Waals surface area contributed by atoms with Crippen molar-refractivity contribution in [2.75, 3.05) is 19.6 Å². The van der Waals surface area contributed by atoms with Crippen molar-refractivity contribution >= 4 is 5.97 Å². The Morgan fingerprint density at radius 1 is 1.29 bits per heavy atom. The van der Waals surface area contributed by atoms with Crippen LogP contribution >= 0.6 is 0 Å². The Kier molecular flexibility index (Phi) is 3.76. The smallest absolute Gasteiger partial charge is 0.310 e. The van der Waals surface area contributed by atoms with E-state index in [0.29, 0.717) is 5.92 Å². The van der Waals surface area contributed by atoms with Crippen molar-refractivity contribution in [2.24, 2.45) is 17.3 Å². The molecule has 0 radical (unpaired) electrons. The van der Waals surface area contributed by atoms with Crippen LogP contribution < -0.4 is 0 Å². The number of likely N-dealkylation sites (tertiary alicyclic amines) is 1. The van der Waals surface area contributed by atoms with Gasteiger partial charge in [-0.3, -0.25) is 4.79 Å². The van der Waals surface area contributed by atoms with E-state index in [0.717, 1.165) is 51.2 Å². The molecule has 0 spiro atoms. The fraction of sp³-hybridized carbons (Fsp3) is 0.929. The third-order valence-corrected chi connectivity index (χ3v) is 4.96. The molecule has 2 fully saturated rings. The highest BCUT2D eigenvalue weighted by atomic mass is 16.4. The van der Waals surface area contributed by atoms with Crippen molar-refractivity contribution < 1.29 is 9.90 Å². The Morgan fingerprint density at radius 2 is 1.94 bits per heavy atom. The molecule has 3 heteroatoms. The summed E-state index contributed by atoms with van der Waals surface area (Å²) in [7, 11) is 0. The third kappa shape index (κ3) is 2.65. The van der Waals surface area contributed by atoms with Gasteiger partial charge in [0.05, 0.1) is 5.41 Å². The van der Waals surface area contributed by atoms with Crippen molar-refractivity contribution in [3.05, 3.63) is 0 Å². The summed E-state index contributed by atoms with van der Waals surface area (Å²) in [6.07, 6.45) is 5.15. The van der Waals surface area contributed by atoms with Gasteiger partial charge >= 0.3 is 5.97 Å². The lowest BCUT2D eigenvalue weighted by atomic mass is 9.83. The zero-order valence-corrected chi connectivity index (χ0v) is 11.1. The number of carboxylic acids is 1.